The largest absolute Gasteiger partial charge is 0.427 e. The summed E-state index contributed by atoms with van der Waals surface area (Å²) in [6.07, 6.45) is 0. The number of amides is 1. The molecule has 1 aromatic rings. The van der Waals surface area contributed by atoms with Crippen LogP contribution in [0.2, 0.25) is 0 Å². The fourth-order valence-electron chi connectivity index (χ4n) is 2.55. The molecule has 1 amide bonds. The zero-order valence-electron chi connectivity index (χ0n) is 15.7. The highest BCUT2D eigenvalue weighted by Gasteiger charge is 2.36. The zero-order valence-corrected chi connectivity index (χ0v) is 15.7. The van der Waals surface area contributed by atoms with E-state index in [-0.39, 0.29) is 12.5 Å². The summed E-state index contributed by atoms with van der Waals surface area (Å²) in [7, 11) is 1.61. The molecule has 0 aliphatic carbocycles. The fraction of sp³-hybridized carbons (Fsp3) is 0.611. The van der Waals surface area contributed by atoms with E-state index in [1.54, 1.807) is 26.2 Å². The van der Waals surface area contributed by atoms with E-state index in [2.05, 4.69) is 5.32 Å². The first kappa shape index (κ1) is 19.8. The molecule has 0 fully saturated rings. The van der Waals surface area contributed by atoms with Gasteiger partial charge in [-0.15, -0.1) is 0 Å². The molecule has 0 unspecified atom stereocenters. The first-order valence-corrected chi connectivity index (χ1v) is 8.65. The van der Waals surface area contributed by atoms with E-state index in [0.717, 1.165) is 11.0 Å². The first-order chi connectivity index (χ1) is 11.6. The van der Waals surface area contributed by atoms with Crippen molar-refractivity contribution in [2.45, 2.75) is 52.4 Å². The average molecular weight is 347 g/mol. The number of nitrogens with one attached hydrogen (secondary N) is 1. The van der Waals surface area contributed by atoms with Gasteiger partial charge in [-0.2, -0.15) is 0 Å². The van der Waals surface area contributed by atoms with Crippen molar-refractivity contribution in [2.24, 2.45) is 0 Å². The molecule has 0 saturated heterocycles. The normalized spacial score (nSPS) is 14.7. The number of benzene rings is 1. The van der Waals surface area contributed by atoms with Crippen LogP contribution in [0.1, 0.15) is 50.5 Å². The van der Waals surface area contributed by atoms with E-state index in [4.69, 9.17) is 9.76 Å². The van der Waals surface area contributed by atoms with Gasteiger partial charge in [0.25, 0.3) is 5.91 Å². The lowest BCUT2D eigenvalue weighted by Gasteiger charge is -2.37. The van der Waals surface area contributed by atoms with E-state index < -0.39 is 11.2 Å². The molecular weight excluding hydrogens is 319 g/mol. The highest BCUT2D eigenvalue weighted by atomic mass is 16.5. The van der Waals surface area contributed by atoms with Crippen LogP contribution in [-0.2, 0) is 11.2 Å². The van der Waals surface area contributed by atoms with Gasteiger partial charge in [0.2, 0.25) is 0 Å². The third-order valence-electron chi connectivity index (χ3n) is 4.88. The number of nitrogens with zero attached hydrogens (tertiary/aromatic N) is 1. The molecule has 0 aromatic heterocycles. The molecule has 3 N–H and O–H groups in total. The first-order valence-electron chi connectivity index (χ1n) is 8.65. The molecule has 1 aliphatic heterocycles. The van der Waals surface area contributed by atoms with Gasteiger partial charge in [-0.25, -0.2) is 0 Å². The summed E-state index contributed by atoms with van der Waals surface area (Å²) in [5, 5.41) is 22.4. The van der Waals surface area contributed by atoms with Gasteiger partial charge in [-0.3, -0.25) is 4.79 Å². The second kappa shape index (κ2) is 7.36. The summed E-state index contributed by atoms with van der Waals surface area (Å²) < 4.78 is 5.83. The summed E-state index contributed by atoms with van der Waals surface area (Å²) in [6.45, 7) is 10.6. The van der Waals surface area contributed by atoms with Crippen LogP contribution in [0.5, 0.6) is 0 Å². The Balaban J connectivity index is 2.28. The third kappa shape index (κ3) is 4.16. The third-order valence-corrected chi connectivity index (χ3v) is 4.88. The topological polar surface area (TPSA) is 82.0 Å². The van der Waals surface area contributed by atoms with Crippen LogP contribution in [0, 0.1) is 0 Å². The molecule has 25 heavy (non-hydrogen) atoms. The Hall–Kier alpha value is -1.57. The van der Waals surface area contributed by atoms with E-state index in [1.807, 2.05) is 32.9 Å². The Morgan fingerprint density at radius 3 is 2.56 bits per heavy atom. The van der Waals surface area contributed by atoms with Crippen molar-refractivity contribution in [2.75, 3.05) is 25.0 Å². The lowest BCUT2D eigenvalue weighted by Crippen LogP contribution is -2.49. The maximum Gasteiger partial charge on any atom is 0.331 e. The summed E-state index contributed by atoms with van der Waals surface area (Å²) in [4.78, 5) is 14.3. The molecule has 2 rings (SSSR count). The Morgan fingerprint density at radius 2 is 2.00 bits per heavy atom. The minimum Gasteiger partial charge on any atom is -0.427 e. The minimum absolute atomic E-state index is 0.00206. The fourth-order valence-corrected chi connectivity index (χ4v) is 2.55. The van der Waals surface area contributed by atoms with Gasteiger partial charge in [-0.05, 0) is 46.2 Å². The second-order valence-corrected chi connectivity index (χ2v) is 7.38. The lowest BCUT2D eigenvalue weighted by atomic mass is 9.81. The number of hydrogen-bond acceptors (Lipinski definition) is 5. The van der Waals surface area contributed by atoms with Crippen molar-refractivity contribution in [3.63, 3.8) is 0 Å². The molecule has 1 aromatic carbocycles. The molecule has 1 aliphatic rings. The molecule has 0 atom stereocenters. The van der Waals surface area contributed by atoms with Crippen molar-refractivity contribution in [3.05, 3.63) is 23.3 Å². The van der Waals surface area contributed by atoms with Crippen molar-refractivity contribution in [1.29, 1.82) is 0 Å². The number of carbonyl (C=O) groups is 1. The lowest BCUT2D eigenvalue weighted by molar-refractivity contribution is -0.0893. The van der Waals surface area contributed by atoms with Crippen molar-refractivity contribution < 1.29 is 19.7 Å². The molecule has 1 radical (unpaired) electrons. The smallest absolute Gasteiger partial charge is 0.331 e. The average Bonchev–Trinajstić information content (AvgIpc) is 2.86. The van der Waals surface area contributed by atoms with Crippen LogP contribution in [-0.4, -0.2) is 59.4 Å². The van der Waals surface area contributed by atoms with E-state index in [1.165, 1.54) is 0 Å². The Bertz CT molecular complexity index is 641. The van der Waals surface area contributed by atoms with Gasteiger partial charge in [-0.1, -0.05) is 11.5 Å². The number of anilines is 1. The van der Waals surface area contributed by atoms with Gasteiger partial charge in [0.1, 0.15) is 0 Å². The summed E-state index contributed by atoms with van der Waals surface area (Å²) in [5.74, 6) is 0.00206. The Kier molecular flexibility index (Phi) is 5.81. The zero-order chi connectivity index (χ0) is 18.8. The number of carbonyl (C=O) groups excluding carboxylic acids is 1. The highest BCUT2D eigenvalue weighted by Crippen LogP contribution is 2.29. The maximum atomic E-state index is 12.5. The summed E-state index contributed by atoms with van der Waals surface area (Å²) >= 11 is 0. The SMILES string of the molecule is CCN1Cc2cc([B]OC(C)(C)C(C)(C)O)cc(NCCO)c2C1=O. The maximum absolute atomic E-state index is 12.5. The van der Waals surface area contributed by atoms with E-state index in [0.29, 0.717) is 30.9 Å². The Morgan fingerprint density at radius 1 is 1.32 bits per heavy atom. The van der Waals surface area contributed by atoms with Crippen LogP contribution in [0.15, 0.2) is 12.1 Å². The van der Waals surface area contributed by atoms with Crippen LogP contribution in [0.25, 0.3) is 0 Å². The molecule has 7 heteroatoms. The van der Waals surface area contributed by atoms with Gasteiger partial charge in [0.15, 0.2) is 0 Å². The standard InChI is InChI=1S/C18H28BN2O4/c1-6-21-11-12-9-13(19-25-18(4,5)17(2,3)24)10-14(20-7-8-22)15(12)16(21)23/h9-10,20,22,24H,6-8,11H2,1-5H3. The number of rotatable bonds is 8. The van der Waals surface area contributed by atoms with Gasteiger partial charge >= 0.3 is 7.48 Å². The number of fused-ring (bicyclic) bond motifs is 1. The van der Waals surface area contributed by atoms with Gasteiger partial charge in [0, 0.05) is 25.3 Å². The number of aliphatic hydroxyl groups excluding tert-OH is 1. The van der Waals surface area contributed by atoms with Crippen LogP contribution in [0.4, 0.5) is 5.69 Å². The quantitative estimate of drug-likeness (QED) is 0.608. The molecular formula is C18H28BN2O4. The van der Waals surface area contributed by atoms with Crippen LogP contribution >= 0.6 is 0 Å². The van der Waals surface area contributed by atoms with Crippen LogP contribution < -0.4 is 10.8 Å². The molecule has 1 heterocycles. The number of hydrogen-bond donors (Lipinski definition) is 3. The molecule has 137 valence electrons. The summed E-state index contributed by atoms with van der Waals surface area (Å²) in [5.41, 5.74) is 1.33. The highest BCUT2D eigenvalue weighted by molar-refractivity contribution is 6.47. The predicted molar refractivity (Wildman–Crippen MR) is 99.3 cm³/mol. The van der Waals surface area contributed by atoms with E-state index in [9.17, 15) is 9.90 Å². The predicted octanol–water partition coefficient (Wildman–Crippen LogP) is 0.877. The number of aliphatic hydroxyl groups is 2. The monoisotopic (exact) mass is 347 g/mol. The summed E-state index contributed by atoms with van der Waals surface area (Å²) in [6, 6.07) is 3.78. The van der Waals surface area contributed by atoms with Crippen LogP contribution in [0.3, 0.4) is 0 Å². The molecule has 6 nitrogen and oxygen atoms in total. The second-order valence-electron chi connectivity index (χ2n) is 7.38. The van der Waals surface area contributed by atoms with Gasteiger partial charge < -0.3 is 25.1 Å². The minimum atomic E-state index is -1.01. The molecule has 0 bridgehead atoms. The van der Waals surface area contributed by atoms with Crippen molar-refractivity contribution >= 4 is 24.5 Å². The van der Waals surface area contributed by atoms with Crippen molar-refractivity contribution in [1.82, 2.24) is 4.90 Å². The Labute approximate surface area is 150 Å². The van der Waals surface area contributed by atoms with Gasteiger partial charge in [0.05, 0.1) is 23.4 Å². The molecule has 0 saturated carbocycles. The molecule has 0 spiro atoms. The van der Waals surface area contributed by atoms with Crippen molar-refractivity contribution in [3.8, 4) is 0 Å². The van der Waals surface area contributed by atoms with E-state index >= 15 is 0 Å².